The second kappa shape index (κ2) is 6.78. The Labute approximate surface area is 145 Å². The van der Waals surface area contributed by atoms with Crippen LogP contribution in [-0.4, -0.2) is 60.5 Å². The van der Waals surface area contributed by atoms with Gasteiger partial charge in [-0.3, -0.25) is 4.57 Å². The van der Waals surface area contributed by atoms with Gasteiger partial charge in [0.2, 0.25) is 5.28 Å². The number of ether oxygens (including phenoxy) is 2. The van der Waals surface area contributed by atoms with Crippen LogP contribution in [0, 0.1) is 0 Å². The quantitative estimate of drug-likeness (QED) is 0.475. The zero-order valence-corrected chi connectivity index (χ0v) is 13.5. The summed E-state index contributed by atoms with van der Waals surface area (Å²) in [6.45, 7) is -0.162. The van der Waals surface area contributed by atoms with Crippen molar-refractivity contribution in [1.29, 1.82) is 0 Å². The Morgan fingerprint density at radius 3 is 2.80 bits per heavy atom. The fourth-order valence-electron chi connectivity index (χ4n) is 2.59. The number of hydrogen-bond donors (Lipinski definition) is 3. The number of aromatic nitrogens is 4. The molecule has 1 saturated heterocycles. The van der Waals surface area contributed by atoms with Crippen molar-refractivity contribution in [3.8, 4) is 0 Å². The molecule has 0 aromatic carbocycles. The minimum absolute atomic E-state index is 0.0182. The molecular weight excluding hydrogens is 358 g/mol. The van der Waals surface area contributed by atoms with Gasteiger partial charge in [-0.1, -0.05) is 0 Å². The van der Waals surface area contributed by atoms with E-state index in [1.54, 1.807) is 4.57 Å². The maximum atomic E-state index is 10.8. The minimum Gasteiger partial charge on any atom is -0.479 e. The Morgan fingerprint density at radius 1 is 1.40 bits per heavy atom. The van der Waals surface area contributed by atoms with E-state index >= 15 is 0 Å². The standard InChI is InChI=1S/C13H14ClN5O6/c14-13-17-9(15)7-10(18-13)19(4-16-7)6-2-1-5(25-6)3-24-8(11(20)21)12(22)23/h4-6,8H,1-3H2,(H,20,21)(H,22,23)(H2,15,17,18)/t5-,6+/m0/s1. The maximum Gasteiger partial charge on any atom is 0.344 e. The maximum absolute atomic E-state index is 10.8. The molecule has 0 amide bonds. The van der Waals surface area contributed by atoms with Gasteiger partial charge in [0.25, 0.3) is 6.10 Å². The molecule has 0 radical (unpaired) electrons. The predicted molar refractivity (Wildman–Crippen MR) is 82.9 cm³/mol. The van der Waals surface area contributed by atoms with Crippen LogP contribution in [0.15, 0.2) is 6.33 Å². The molecule has 11 nitrogen and oxygen atoms in total. The van der Waals surface area contributed by atoms with Crippen LogP contribution in [0.4, 0.5) is 5.82 Å². The van der Waals surface area contributed by atoms with Crippen LogP contribution >= 0.6 is 11.6 Å². The first-order chi connectivity index (χ1) is 11.9. The van der Waals surface area contributed by atoms with Gasteiger partial charge in [-0.25, -0.2) is 14.6 Å². The summed E-state index contributed by atoms with van der Waals surface area (Å²) in [6, 6.07) is 0. The molecule has 2 atom stereocenters. The van der Waals surface area contributed by atoms with Gasteiger partial charge >= 0.3 is 11.9 Å². The third-order valence-corrected chi connectivity index (χ3v) is 3.88. The van der Waals surface area contributed by atoms with E-state index in [1.807, 2.05) is 0 Å². The summed E-state index contributed by atoms with van der Waals surface area (Å²) in [5, 5.41) is 17.6. The molecule has 1 fully saturated rings. The summed E-state index contributed by atoms with van der Waals surface area (Å²) >= 11 is 5.82. The number of hydrogen-bond acceptors (Lipinski definition) is 8. The number of imidazole rings is 1. The van der Waals surface area contributed by atoms with Gasteiger partial charge in [0.1, 0.15) is 11.7 Å². The van der Waals surface area contributed by atoms with Gasteiger partial charge in [-0.15, -0.1) is 0 Å². The van der Waals surface area contributed by atoms with E-state index in [4.69, 9.17) is 37.0 Å². The van der Waals surface area contributed by atoms with Crippen molar-refractivity contribution >= 4 is 40.5 Å². The topological polar surface area (TPSA) is 163 Å². The van der Waals surface area contributed by atoms with Crippen molar-refractivity contribution < 1.29 is 29.3 Å². The summed E-state index contributed by atoms with van der Waals surface area (Å²) in [4.78, 5) is 33.7. The Bertz CT molecular complexity index is 813. The number of rotatable bonds is 6. The Hall–Kier alpha value is -2.50. The van der Waals surface area contributed by atoms with E-state index in [9.17, 15) is 9.59 Å². The van der Waals surface area contributed by atoms with Crippen LogP contribution in [0.25, 0.3) is 11.2 Å². The molecule has 0 unspecified atom stereocenters. The van der Waals surface area contributed by atoms with Crippen molar-refractivity contribution in [2.24, 2.45) is 0 Å². The molecule has 0 spiro atoms. The highest BCUT2D eigenvalue weighted by atomic mass is 35.5. The summed E-state index contributed by atoms with van der Waals surface area (Å²) in [6.07, 6.45) is -0.202. The van der Waals surface area contributed by atoms with Gasteiger partial charge in [0, 0.05) is 0 Å². The molecule has 1 aliphatic heterocycles. The largest absolute Gasteiger partial charge is 0.479 e. The van der Waals surface area contributed by atoms with E-state index in [0.29, 0.717) is 24.0 Å². The molecule has 3 heterocycles. The molecule has 2 aromatic heterocycles. The molecule has 3 rings (SSSR count). The van der Waals surface area contributed by atoms with Crippen LogP contribution in [0.3, 0.4) is 0 Å². The van der Waals surface area contributed by atoms with Crippen LogP contribution in [0.1, 0.15) is 19.1 Å². The monoisotopic (exact) mass is 371 g/mol. The van der Waals surface area contributed by atoms with E-state index < -0.39 is 30.4 Å². The Kier molecular flexibility index (Phi) is 4.70. The lowest BCUT2D eigenvalue weighted by Crippen LogP contribution is -2.35. The molecule has 25 heavy (non-hydrogen) atoms. The second-order valence-corrected chi connectivity index (χ2v) is 5.72. The number of carboxylic acid groups (broad SMARTS) is 2. The first-order valence-electron chi connectivity index (χ1n) is 7.25. The van der Waals surface area contributed by atoms with Crippen molar-refractivity contribution in [1.82, 2.24) is 19.5 Å². The van der Waals surface area contributed by atoms with Crippen molar-refractivity contribution in [2.45, 2.75) is 31.3 Å². The first-order valence-corrected chi connectivity index (χ1v) is 7.63. The van der Waals surface area contributed by atoms with Crippen LogP contribution in [0.2, 0.25) is 5.28 Å². The summed E-state index contributed by atoms with van der Waals surface area (Å²) in [5.74, 6) is -2.98. The van der Waals surface area contributed by atoms with Crippen molar-refractivity contribution in [3.05, 3.63) is 11.6 Å². The lowest BCUT2D eigenvalue weighted by atomic mass is 10.2. The summed E-state index contributed by atoms with van der Waals surface area (Å²) in [5.41, 5.74) is 6.56. The molecule has 1 aliphatic rings. The van der Waals surface area contributed by atoms with Gasteiger partial charge < -0.3 is 25.4 Å². The molecule has 0 bridgehead atoms. The zero-order valence-electron chi connectivity index (χ0n) is 12.7. The molecule has 4 N–H and O–H groups in total. The van der Waals surface area contributed by atoms with Crippen molar-refractivity contribution in [3.63, 3.8) is 0 Å². The number of nitrogens with zero attached hydrogens (tertiary/aromatic N) is 4. The highest BCUT2D eigenvalue weighted by Crippen LogP contribution is 2.31. The van der Waals surface area contributed by atoms with E-state index in [0.717, 1.165) is 0 Å². The van der Waals surface area contributed by atoms with Crippen LogP contribution in [-0.2, 0) is 19.1 Å². The molecule has 0 aliphatic carbocycles. The number of carbonyl (C=O) groups is 2. The molecule has 12 heteroatoms. The Morgan fingerprint density at radius 2 is 2.12 bits per heavy atom. The molecule has 0 saturated carbocycles. The first kappa shape index (κ1) is 17.3. The second-order valence-electron chi connectivity index (χ2n) is 5.38. The minimum atomic E-state index is -1.93. The van der Waals surface area contributed by atoms with E-state index in [-0.39, 0.29) is 17.7 Å². The third kappa shape index (κ3) is 3.48. The fourth-order valence-corrected chi connectivity index (χ4v) is 2.76. The highest BCUT2D eigenvalue weighted by molar-refractivity contribution is 6.28. The van der Waals surface area contributed by atoms with E-state index in [1.165, 1.54) is 6.33 Å². The molecule has 2 aromatic rings. The average Bonchev–Trinajstić information content (AvgIpc) is 3.13. The number of carboxylic acids is 2. The van der Waals surface area contributed by atoms with E-state index in [2.05, 4.69) is 15.0 Å². The zero-order chi connectivity index (χ0) is 18.1. The average molecular weight is 372 g/mol. The smallest absolute Gasteiger partial charge is 0.344 e. The number of aliphatic carboxylic acids is 2. The molecule has 134 valence electrons. The number of nitrogen functional groups attached to an aromatic ring is 1. The normalized spacial score (nSPS) is 20.4. The third-order valence-electron chi connectivity index (χ3n) is 3.71. The lowest BCUT2D eigenvalue weighted by molar-refractivity contribution is -0.168. The number of fused-ring (bicyclic) bond motifs is 1. The van der Waals surface area contributed by atoms with Gasteiger partial charge in [0.15, 0.2) is 11.5 Å². The number of nitrogens with two attached hydrogens (primary N) is 1. The summed E-state index contributed by atoms with van der Waals surface area (Å²) in [7, 11) is 0. The van der Waals surface area contributed by atoms with Crippen molar-refractivity contribution in [2.75, 3.05) is 12.3 Å². The predicted octanol–water partition coefficient (Wildman–Crippen LogP) is 0.294. The number of anilines is 1. The van der Waals surface area contributed by atoms with Gasteiger partial charge in [0.05, 0.1) is 19.0 Å². The summed E-state index contributed by atoms with van der Waals surface area (Å²) < 4.78 is 12.3. The highest BCUT2D eigenvalue weighted by Gasteiger charge is 2.32. The SMILES string of the molecule is Nc1nc(Cl)nc2c1ncn2[C@H]1CC[C@@H](COC(C(=O)O)C(=O)O)O1. The van der Waals surface area contributed by atoms with Crippen LogP contribution in [0.5, 0.6) is 0 Å². The molecular formula is C13H14ClN5O6. The number of halogens is 1. The van der Waals surface area contributed by atoms with Crippen LogP contribution < -0.4 is 5.73 Å². The fraction of sp³-hybridized carbons (Fsp3) is 0.462. The lowest BCUT2D eigenvalue weighted by Gasteiger charge is -2.16. The van der Waals surface area contributed by atoms with Gasteiger partial charge in [-0.2, -0.15) is 9.97 Å². The Balaban J connectivity index is 1.69. The van der Waals surface area contributed by atoms with Gasteiger partial charge in [-0.05, 0) is 24.4 Å².